The molecule has 2 aromatic carbocycles. The molecule has 0 saturated heterocycles. The Labute approximate surface area is 110 Å². The van der Waals surface area contributed by atoms with Gasteiger partial charge in [-0.25, -0.2) is 0 Å². The summed E-state index contributed by atoms with van der Waals surface area (Å²) in [6.45, 7) is -0.302. The Morgan fingerprint density at radius 3 is 2.21 bits per heavy atom. The maximum atomic E-state index is 12.2. The molecule has 0 aliphatic carbocycles. The molecule has 0 spiro atoms. The van der Waals surface area contributed by atoms with Crippen LogP contribution in [-0.2, 0) is 0 Å². The van der Waals surface area contributed by atoms with E-state index in [9.17, 15) is 9.59 Å². The predicted molar refractivity (Wildman–Crippen MR) is 72.3 cm³/mol. The van der Waals surface area contributed by atoms with Crippen molar-refractivity contribution in [3.8, 4) is 0 Å². The molecule has 2 aromatic rings. The molecule has 0 atom stereocenters. The first-order valence-corrected chi connectivity index (χ1v) is 5.82. The molecule has 0 fully saturated rings. The molecule has 0 aliphatic heterocycles. The van der Waals surface area contributed by atoms with Crippen LogP contribution in [0.5, 0.6) is 0 Å². The van der Waals surface area contributed by atoms with Gasteiger partial charge in [-0.15, -0.1) is 0 Å². The molecule has 0 aliphatic rings. The van der Waals surface area contributed by atoms with E-state index in [2.05, 4.69) is 5.32 Å². The third kappa shape index (κ3) is 2.86. The smallest absolute Gasteiger partial charge is 0.235 e. The lowest BCUT2D eigenvalue weighted by atomic mass is 10.0. The Balaban J connectivity index is 2.32. The maximum absolute atomic E-state index is 12.2. The summed E-state index contributed by atoms with van der Waals surface area (Å²) in [5.41, 5.74) is 1.05. The summed E-state index contributed by atoms with van der Waals surface area (Å²) in [6.07, 6.45) is 0. The zero-order valence-corrected chi connectivity index (χ0v) is 10.2. The lowest BCUT2D eigenvalue weighted by Crippen LogP contribution is -2.16. The first kappa shape index (κ1) is 13.0. The van der Waals surface area contributed by atoms with Crippen LogP contribution in [0.15, 0.2) is 54.6 Å². The number of para-hydroxylation sites is 1. The van der Waals surface area contributed by atoms with Crippen molar-refractivity contribution in [3.05, 3.63) is 65.7 Å². The topological polar surface area (TPSA) is 66.4 Å². The number of aliphatic hydroxyl groups is 1. The quantitative estimate of drug-likeness (QED) is 0.488. The highest BCUT2D eigenvalue weighted by atomic mass is 16.3. The fraction of sp³-hybridized carbons (Fsp3) is 0.0667. The molecule has 96 valence electrons. The SMILES string of the molecule is O=C(C(=O)c1ccccc1NCO)c1ccccc1. The Morgan fingerprint density at radius 1 is 0.895 bits per heavy atom. The lowest BCUT2D eigenvalue weighted by molar-refractivity contribution is 0.0817. The molecule has 4 heteroatoms. The molecular formula is C15H13NO3. The molecule has 0 unspecified atom stereocenters. The molecule has 0 amide bonds. The van der Waals surface area contributed by atoms with E-state index in [0.29, 0.717) is 11.3 Å². The molecule has 19 heavy (non-hydrogen) atoms. The number of aliphatic hydroxyl groups excluding tert-OH is 1. The van der Waals surface area contributed by atoms with E-state index in [1.165, 1.54) is 0 Å². The van der Waals surface area contributed by atoms with Crippen molar-refractivity contribution in [2.75, 3.05) is 12.0 Å². The lowest BCUT2D eigenvalue weighted by Gasteiger charge is -2.08. The summed E-state index contributed by atoms with van der Waals surface area (Å²) in [6, 6.07) is 15.0. The van der Waals surface area contributed by atoms with E-state index in [1.807, 2.05) is 0 Å². The van der Waals surface area contributed by atoms with Crippen LogP contribution in [0, 0.1) is 0 Å². The van der Waals surface area contributed by atoms with E-state index < -0.39 is 11.6 Å². The number of Topliss-reactive ketones (excluding diaryl/α,β-unsaturated/α-hetero) is 2. The van der Waals surface area contributed by atoms with Crippen molar-refractivity contribution in [2.45, 2.75) is 0 Å². The molecule has 0 heterocycles. The van der Waals surface area contributed by atoms with Gasteiger partial charge in [-0.05, 0) is 12.1 Å². The zero-order chi connectivity index (χ0) is 13.7. The second-order valence-electron chi connectivity index (χ2n) is 3.90. The number of anilines is 1. The third-order valence-electron chi connectivity index (χ3n) is 2.68. The third-order valence-corrected chi connectivity index (χ3v) is 2.68. The highest BCUT2D eigenvalue weighted by molar-refractivity contribution is 6.50. The number of carbonyl (C=O) groups is 2. The van der Waals surface area contributed by atoms with E-state index in [0.717, 1.165) is 0 Å². The summed E-state index contributed by atoms with van der Waals surface area (Å²) >= 11 is 0. The van der Waals surface area contributed by atoms with Crippen molar-refractivity contribution < 1.29 is 14.7 Å². The molecule has 0 aromatic heterocycles. The number of benzene rings is 2. The summed E-state index contributed by atoms with van der Waals surface area (Å²) in [4.78, 5) is 24.2. The van der Waals surface area contributed by atoms with Crippen molar-refractivity contribution in [2.24, 2.45) is 0 Å². The van der Waals surface area contributed by atoms with Crippen molar-refractivity contribution in [3.63, 3.8) is 0 Å². The first-order valence-electron chi connectivity index (χ1n) is 5.82. The van der Waals surface area contributed by atoms with E-state index in [1.54, 1.807) is 54.6 Å². The van der Waals surface area contributed by atoms with Gasteiger partial charge in [0.1, 0.15) is 6.73 Å². The molecule has 0 radical (unpaired) electrons. The average Bonchev–Trinajstić information content (AvgIpc) is 2.47. The monoisotopic (exact) mass is 255 g/mol. The normalized spacial score (nSPS) is 9.95. The van der Waals surface area contributed by atoms with Crippen LogP contribution >= 0.6 is 0 Å². The Morgan fingerprint density at radius 2 is 1.53 bits per heavy atom. The van der Waals surface area contributed by atoms with E-state index in [-0.39, 0.29) is 12.3 Å². The summed E-state index contributed by atoms with van der Waals surface area (Å²) in [5.74, 6) is -1.16. The van der Waals surface area contributed by atoms with Gasteiger partial charge in [-0.2, -0.15) is 0 Å². The van der Waals surface area contributed by atoms with Gasteiger partial charge >= 0.3 is 0 Å². The number of nitrogens with one attached hydrogen (secondary N) is 1. The van der Waals surface area contributed by atoms with Crippen molar-refractivity contribution in [1.82, 2.24) is 0 Å². The van der Waals surface area contributed by atoms with Gasteiger partial charge in [0.05, 0.1) is 0 Å². The summed E-state index contributed by atoms with van der Waals surface area (Å²) < 4.78 is 0. The van der Waals surface area contributed by atoms with E-state index >= 15 is 0 Å². The first-order chi connectivity index (χ1) is 9.24. The molecule has 4 nitrogen and oxygen atoms in total. The minimum absolute atomic E-state index is 0.255. The summed E-state index contributed by atoms with van der Waals surface area (Å²) in [5, 5.41) is 11.5. The van der Waals surface area contributed by atoms with Gasteiger partial charge in [0, 0.05) is 16.8 Å². The number of hydrogen-bond donors (Lipinski definition) is 2. The largest absolute Gasteiger partial charge is 0.377 e. The Kier molecular flexibility index (Phi) is 4.05. The van der Waals surface area contributed by atoms with Crippen molar-refractivity contribution in [1.29, 1.82) is 0 Å². The van der Waals surface area contributed by atoms with Gasteiger partial charge < -0.3 is 10.4 Å². The number of carbonyl (C=O) groups excluding carboxylic acids is 2. The Hall–Kier alpha value is -2.46. The van der Waals surface area contributed by atoms with Crippen LogP contribution in [0.4, 0.5) is 5.69 Å². The van der Waals surface area contributed by atoms with E-state index in [4.69, 9.17) is 5.11 Å². The van der Waals surface area contributed by atoms with Crippen LogP contribution in [0.25, 0.3) is 0 Å². The second-order valence-corrected chi connectivity index (χ2v) is 3.90. The van der Waals surface area contributed by atoms with Gasteiger partial charge in [0.2, 0.25) is 11.6 Å². The minimum Gasteiger partial charge on any atom is -0.377 e. The van der Waals surface area contributed by atoms with Gasteiger partial charge in [0.25, 0.3) is 0 Å². The molecule has 0 saturated carbocycles. The number of rotatable bonds is 5. The number of ketones is 2. The van der Waals surface area contributed by atoms with Crippen LogP contribution < -0.4 is 5.32 Å². The van der Waals surface area contributed by atoms with Crippen LogP contribution in [0.1, 0.15) is 20.7 Å². The standard InChI is InChI=1S/C15H13NO3/c17-10-16-13-9-5-4-8-12(13)15(19)14(18)11-6-2-1-3-7-11/h1-9,16-17H,10H2. The fourth-order valence-corrected chi connectivity index (χ4v) is 1.76. The predicted octanol–water partition coefficient (Wildman–Crippen LogP) is 2.11. The highest BCUT2D eigenvalue weighted by Crippen LogP contribution is 2.17. The molecular weight excluding hydrogens is 242 g/mol. The highest BCUT2D eigenvalue weighted by Gasteiger charge is 2.20. The zero-order valence-electron chi connectivity index (χ0n) is 10.2. The van der Waals surface area contributed by atoms with Crippen LogP contribution in [0.2, 0.25) is 0 Å². The summed E-state index contributed by atoms with van der Waals surface area (Å²) in [7, 11) is 0. The fourth-order valence-electron chi connectivity index (χ4n) is 1.76. The number of hydrogen-bond acceptors (Lipinski definition) is 4. The molecule has 0 bridgehead atoms. The Bertz CT molecular complexity index is 593. The minimum atomic E-state index is -0.595. The molecule has 2 N–H and O–H groups in total. The van der Waals surface area contributed by atoms with Gasteiger partial charge in [-0.3, -0.25) is 9.59 Å². The van der Waals surface area contributed by atoms with Gasteiger partial charge in [-0.1, -0.05) is 42.5 Å². The second kappa shape index (κ2) is 5.93. The maximum Gasteiger partial charge on any atom is 0.235 e. The van der Waals surface area contributed by atoms with Crippen molar-refractivity contribution >= 4 is 17.3 Å². The average molecular weight is 255 g/mol. The van der Waals surface area contributed by atoms with Gasteiger partial charge in [0.15, 0.2) is 0 Å². The van der Waals surface area contributed by atoms with Crippen LogP contribution in [-0.4, -0.2) is 23.4 Å². The van der Waals surface area contributed by atoms with Crippen LogP contribution in [0.3, 0.4) is 0 Å². The molecule has 2 rings (SSSR count).